The number of amides is 1. The van der Waals surface area contributed by atoms with E-state index in [1.54, 1.807) is 24.3 Å². The fourth-order valence-electron chi connectivity index (χ4n) is 2.56. The van der Waals surface area contributed by atoms with Crippen LogP contribution in [-0.2, 0) is 9.53 Å². The molecule has 0 aliphatic carbocycles. The lowest BCUT2D eigenvalue weighted by molar-refractivity contribution is -0.385. The van der Waals surface area contributed by atoms with Gasteiger partial charge in [0.2, 0.25) is 11.7 Å². The predicted molar refractivity (Wildman–Crippen MR) is 111 cm³/mol. The summed E-state index contributed by atoms with van der Waals surface area (Å²) in [7, 11) is 1.26. The number of nitrogens with one attached hydrogen (secondary N) is 2. The summed E-state index contributed by atoms with van der Waals surface area (Å²) in [6.07, 6.45) is 1.12. The number of methoxy groups -OCH3 is 1. The molecule has 2 aromatic carbocycles. The number of aromatic nitrogens is 2. The summed E-state index contributed by atoms with van der Waals surface area (Å²) in [6, 6.07) is 12.4. The number of carbonyl (C=O) groups is 2. The average molecular weight is 423 g/mol. The third kappa shape index (κ3) is 5.29. The van der Waals surface area contributed by atoms with Crippen LogP contribution in [0, 0.1) is 10.1 Å². The fourth-order valence-corrected chi connectivity index (χ4v) is 2.56. The summed E-state index contributed by atoms with van der Waals surface area (Å²) < 4.78 is 10.2. The van der Waals surface area contributed by atoms with Crippen LogP contribution in [0.1, 0.15) is 17.3 Å². The number of benzene rings is 2. The lowest BCUT2D eigenvalue weighted by Gasteiger charge is -2.10. The minimum Gasteiger partial charge on any atom is -0.465 e. The van der Waals surface area contributed by atoms with Crippen LogP contribution in [0.2, 0.25) is 0 Å². The van der Waals surface area contributed by atoms with Crippen molar-refractivity contribution in [3.63, 3.8) is 0 Å². The predicted octanol–water partition coefficient (Wildman–Crippen LogP) is 3.67. The van der Waals surface area contributed by atoms with Gasteiger partial charge in [-0.05, 0) is 48.5 Å². The molecule has 0 radical (unpaired) electrons. The van der Waals surface area contributed by atoms with E-state index >= 15 is 0 Å². The summed E-state index contributed by atoms with van der Waals surface area (Å²) in [5.41, 5.74) is 0.918. The topological polar surface area (TPSA) is 146 Å². The highest BCUT2D eigenvalue weighted by Crippen LogP contribution is 2.35. The van der Waals surface area contributed by atoms with Gasteiger partial charge in [0.25, 0.3) is 0 Å². The Morgan fingerprint density at radius 3 is 2.23 bits per heavy atom. The van der Waals surface area contributed by atoms with Gasteiger partial charge in [0.05, 0.1) is 17.6 Å². The van der Waals surface area contributed by atoms with E-state index in [0.717, 1.165) is 6.33 Å². The third-order valence-corrected chi connectivity index (χ3v) is 3.93. The van der Waals surface area contributed by atoms with Gasteiger partial charge in [0.1, 0.15) is 12.1 Å². The summed E-state index contributed by atoms with van der Waals surface area (Å²) in [5, 5.41) is 17.2. The van der Waals surface area contributed by atoms with Crippen molar-refractivity contribution in [1.82, 2.24) is 9.97 Å². The van der Waals surface area contributed by atoms with Crippen molar-refractivity contribution >= 4 is 34.8 Å². The Hall–Kier alpha value is -4.54. The highest BCUT2D eigenvalue weighted by Gasteiger charge is 2.25. The molecular formula is C20H17N5O6. The van der Waals surface area contributed by atoms with Crippen molar-refractivity contribution in [2.45, 2.75) is 6.92 Å². The van der Waals surface area contributed by atoms with Crippen LogP contribution in [0.15, 0.2) is 54.9 Å². The standard InChI is InChI=1S/C20H17N5O6/c1-12(26)23-14-5-7-15(8-6-14)24-18-17(25(28)29)19(22-11-21-18)31-16-9-3-13(4-10-16)20(27)30-2/h3-11H,1-2H3,(H,23,26)(H,21,22,24). The summed E-state index contributed by atoms with van der Waals surface area (Å²) in [5.74, 6) is -0.846. The van der Waals surface area contributed by atoms with Crippen LogP contribution in [-0.4, -0.2) is 33.9 Å². The number of nitro groups is 1. The monoisotopic (exact) mass is 423 g/mol. The highest BCUT2D eigenvalue weighted by atomic mass is 16.6. The van der Waals surface area contributed by atoms with E-state index in [4.69, 9.17) is 4.74 Å². The fraction of sp³-hybridized carbons (Fsp3) is 0.100. The molecule has 1 heterocycles. The second kappa shape index (κ2) is 9.31. The number of rotatable bonds is 7. The van der Waals surface area contributed by atoms with Crippen LogP contribution in [0.25, 0.3) is 0 Å². The van der Waals surface area contributed by atoms with Crippen molar-refractivity contribution in [2.75, 3.05) is 17.7 Å². The largest absolute Gasteiger partial charge is 0.465 e. The van der Waals surface area contributed by atoms with Crippen LogP contribution >= 0.6 is 0 Å². The zero-order valence-electron chi connectivity index (χ0n) is 16.5. The second-order valence-electron chi connectivity index (χ2n) is 6.13. The summed E-state index contributed by atoms with van der Waals surface area (Å²) in [6.45, 7) is 1.39. The molecule has 0 spiro atoms. The van der Waals surface area contributed by atoms with Crippen LogP contribution in [0.4, 0.5) is 22.9 Å². The van der Waals surface area contributed by atoms with Gasteiger partial charge in [0, 0.05) is 18.3 Å². The normalized spacial score (nSPS) is 10.1. The van der Waals surface area contributed by atoms with E-state index in [0.29, 0.717) is 16.9 Å². The number of hydrogen-bond donors (Lipinski definition) is 2. The van der Waals surface area contributed by atoms with Gasteiger partial charge < -0.3 is 20.1 Å². The van der Waals surface area contributed by atoms with Crippen LogP contribution in [0.3, 0.4) is 0 Å². The molecule has 158 valence electrons. The minimum atomic E-state index is -0.661. The first-order valence-corrected chi connectivity index (χ1v) is 8.87. The number of anilines is 3. The molecule has 3 aromatic rings. The van der Waals surface area contributed by atoms with E-state index in [2.05, 4.69) is 25.3 Å². The molecule has 0 unspecified atom stereocenters. The second-order valence-corrected chi connectivity index (χ2v) is 6.13. The van der Waals surface area contributed by atoms with Gasteiger partial charge in [-0.1, -0.05) is 0 Å². The SMILES string of the molecule is COC(=O)c1ccc(Oc2ncnc(Nc3ccc(NC(C)=O)cc3)c2[N+](=O)[O-])cc1. The zero-order chi connectivity index (χ0) is 22.4. The zero-order valence-corrected chi connectivity index (χ0v) is 16.5. The maximum Gasteiger partial charge on any atom is 0.373 e. The Morgan fingerprint density at radius 2 is 1.65 bits per heavy atom. The van der Waals surface area contributed by atoms with Crippen molar-refractivity contribution in [3.05, 3.63) is 70.5 Å². The molecule has 0 saturated heterocycles. The van der Waals surface area contributed by atoms with Gasteiger partial charge in [-0.3, -0.25) is 14.9 Å². The molecule has 0 bridgehead atoms. The van der Waals surface area contributed by atoms with Gasteiger partial charge in [-0.25, -0.2) is 9.78 Å². The van der Waals surface area contributed by atoms with Crippen LogP contribution < -0.4 is 15.4 Å². The number of carbonyl (C=O) groups excluding carboxylic acids is 2. The van der Waals surface area contributed by atoms with Crippen LogP contribution in [0.5, 0.6) is 11.6 Å². The first-order chi connectivity index (χ1) is 14.9. The van der Waals surface area contributed by atoms with Crippen molar-refractivity contribution in [3.8, 4) is 11.6 Å². The number of esters is 1. The van der Waals surface area contributed by atoms with Gasteiger partial charge >= 0.3 is 17.5 Å². The Labute approximate surface area is 176 Å². The molecule has 0 atom stereocenters. The maximum atomic E-state index is 11.7. The molecule has 1 amide bonds. The molecule has 1 aromatic heterocycles. The van der Waals surface area contributed by atoms with Crippen molar-refractivity contribution in [1.29, 1.82) is 0 Å². The van der Waals surface area contributed by atoms with Gasteiger partial charge in [-0.2, -0.15) is 4.98 Å². The number of ether oxygens (including phenoxy) is 2. The molecular weight excluding hydrogens is 406 g/mol. The summed E-state index contributed by atoms with van der Waals surface area (Å²) in [4.78, 5) is 41.4. The molecule has 0 fully saturated rings. The Bertz CT molecular complexity index is 1120. The number of nitrogens with zero attached hydrogens (tertiary/aromatic N) is 3. The lowest BCUT2D eigenvalue weighted by Crippen LogP contribution is -2.06. The van der Waals surface area contributed by atoms with E-state index in [1.165, 1.54) is 38.3 Å². The van der Waals surface area contributed by atoms with E-state index < -0.39 is 16.6 Å². The number of hydrogen-bond acceptors (Lipinski definition) is 9. The maximum absolute atomic E-state index is 11.7. The van der Waals surface area contributed by atoms with Crippen molar-refractivity contribution < 1.29 is 24.0 Å². The minimum absolute atomic E-state index is 0.0755. The van der Waals surface area contributed by atoms with Crippen molar-refractivity contribution in [2.24, 2.45) is 0 Å². The average Bonchev–Trinajstić information content (AvgIpc) is 2.74. The molecule has 0 saturated carbocycles. The molecule has 11 nitrogen and oxygen atoms in total. The molecule has 2 N–H and O–H groups in total. The Balaban J connectivity index is 1.85. The van der Waals surface area contributed by atoms with E-state index in [9.17, 15) is 19.7 Å². The van der Waals surface area contributed by atoms with Gasteiger partial charge in [0.15, 0.2) is 0 Å². The van der Waals surface area contributed by atoms with E-state index in [-0.39, 0.29) is 23.4 Å². The summed E-state index contributed by atoms with van der Waals surface area (Å²) >= 11 is 0. The first-order valence-electron chi connectivity index (χ1n) is 8.87. The highest BCUT2D eigenvalue weighted by molar-refractivity contribution is 5.89. The Morgan fingerprint density at radius 1 is 1.00 bits per heavy atom. The molecule has 0 aliphatic heterocycles. The smallest absolute Gasteiger partial charge is 0.373 e. The van der Waals surface area contributed by atoms with Gasteiger partial charge in [-0.15, -0.1) is 0 Å². The molecule has 3 rings (SSSR count). The Kier molecular flexibility index (Phi) is 6.36. The third-order valence-electron chi connectivity index (χ3n) is 3.93. The molecule has 0 aliphatic rings. The molecule has 11 heteroatoms. The lowest BCUT2D eigenvalue weighted by atomic mass is 10.2. The molecule has 31 heavy (non-hydrogen) atoms. The quantitative estimate of drug-likeness (QED) is 0.330. The first kappa shape index (κ1) is 21.2. The van der Waals surface area contributed by atoms with E-state index in [1.807, 2.05) is 0 Å².